The minimum Gasteiger partial charge on any atom is -0.484 e. The fourth-order valence-corrected chi connectivity index (χ4v) is 4.59. The van der Waals surface area contributed by atoms with Gasteiger partial charge in [-0.2, -0.15) is 0 Å². The van der Waals surface area contributed by atoms with Crippen LogP contribution in [-0.2, 0) is 21.4 Å². The molecule has 0 heterocycles. The number of carbonyl (C=O) groups is 1. The average Bonchev–Trinajstić information content (AvgIpc) is 3.00. The van der Waals surface area contributed by atoms with Crippen LogP contribution in [0.15, 0.2) is 54.6 Å². The number of nitrogens with zero attached hydrogens (tertiary/aromatic N) is 1. The SMILES string of the molecule is CS(=O)(=O)N(Cc1ccccc1)c1ccc(OCC(=O)NC2CCCCCC2)cc1. The van der Waals surface area contributed by atoms with Gasteiger partial charge in [-0.05, 0) is 42.7 Å². The maximum absolute atomic E-state index is 12.3. The molecule has 6 nitrogen and oxygen atoms in total. The third kappa shape index (κ3) is 6.76. The van der Waals surface area contributed by atoms with Crippen molar-refractivity contribution in [2.45, 2.75) is 51.1 Å². The van der Waals surface area contributed by atoms with E-state index in [0.717, 1.165) is 31.2 Å². The normalized spacial score (nSPS) is 15.2. The summed E-state index contributed by atoms with van der Waals surface area (Å²) in [6.07, 6.45) is 8.05. The number of sulfonamides is 1. The van der Waals surface area contributed by atoms with Gasteiger partial charge in [0.25, 0.3) is 5.91 Å². The Labute approximate surface area is 179 Å². The van der Waals surface area contributed by atoms with Crippen LogP contribution >= 0.6 is 0 Å². The van der Waals surface area contributed by atoms with E-state index in [0.29, 0.717) is 11.4 Å². The van der Waals surface area contributed by atoms with Gasteiger partial charge in [-0.25, -0.2) is 8.42 Å². The summed E-state index contributed by atoms with van der Waals surface area (Å²) in [4.78, 5) is 12.2. The van der Waals surface area contributed by atoms with E-state index in [-0.39, 0.29) is 25.1 Å². The van der Waals surface area contributed by atoms with Crippen molar-refractivity contribution in [2.75, 3.05) is 17.2 Å². The van der Waals surface area contributed by atoms with Gasteiger partial charge in [0.05, 0.1) is 18.5 Å². The number of carbonyl (C=O) groups excluding carboxylic acids is 1. The predicted molar refractivity (Wildman–Crippen MR) is 119 cm³/mol. The van der Waals surface area contributed by atoms with Crippen molar-refractivity contribution in [1.29, 1.82) is 0 Å². The van der Waals surface area contributed by atoms with Crippen LogP contribution < -0.4 is 14.4 Å². The van der Waals surface area contributed by atoms with Crippen molar-refractivity contribution in [1.82, 2.24) is 5.32 Å². The number of benzene rings is 2. The molecule has 0 aromatic heterocycles. The molecule has 1 fully saturated rings. The zero-order valence-electron chi connectivity index (χ0n) is 17.4. The van der Waals surface area contributed by atoms with Crippen LogP contribution in [0.25, 0.3) is 0 Å². The molecule has 0 atom stereocenters. The van der Waals surface area contributed by atoms with Gasteiger partial charge < -0.3 is 10.1 Å². The highest BCUT2D eigenvalue weighted by molar-refractivity contribution is 7.92. The lowest BCUT2D eigenvalue weighted by Gasteiger charge is -2.23. The molecule has 0 unspecified atom stereocenters. The molecule has 1 aliphatic carbocycles. The van der Waals surface area contributed by atoms with Crippen LogP contribution in [0.1, 0.15) is 44.1 Å². The Morgan fingerprint density at radius 1 is 1.00 bits per heavy atom. The van der Waals surface area contributed by atoms with Gasteiger partial charge in [-0.1, -0.05) is 56.0 Å². The summed E-state index contributed by atoms with van der Waals surface area (Å²) in [5.74, 6) is 0.413. The van der Waals surface area contributed by atoms with E-state index in [1.807, 2.05) is 30.3 Å². The lowest BCUT2D eigenvalue weighted by molar-refractivity contribution is -0.123. The maximum Gasteiger partial charge on any atom is 0.258 e. The molecule has 0 spiro atoms. The van der Waals surface area contributed by atoms with E-state index in [2.05, 4.69) is 5.32 Å². The van der Waals surface area contributed by atoms with E-state index in [1.54, 1.807) is 24.3 Å². The van der Waals surface area contributed by atoms with E-state index in [4.69, 9.17) is 4.74 Å². The molecule has 0 aliphatic heterocycles. The Morgan fingerprint density at radius 3 is 2.23 bits per heavy atom. The Balaban J connectivity index is 1.58. The fraction of sp³-hybridized carbons (Fsp3) is 0.435. The van der Waals surface area contributed by atoms with Crippen molar-refractivity contribution >= 4 is 21.6 Å². The molecule has 30 heavy (non-hydrogen) atoms. The van der Waals surface area contributed by atoms with E-state index in [9.17, 15) is 13.2 Å². The number of rotatable bonds is 8. The van der Waals surface area contributed by atoms with Crippen LogP contribution in [0.2, 0.25) is 0 Å². The highest BCUT2D eigenvalue weighted by Crippen LogP contribution is 2.24. The molecule has 1 saturated carbocycles. The molecule has 0 saturated heterocycles. The van der Waals surface area contributed by atoms with Crippen LogP contribution in [-0.4, -0.2) is 33.2 Å². The molecule has 0 radical (unpaired) electrons. The molecular formula is C23H30N2O4S. The van der Waals surface area contributed by atoms with Gasteiger partial charge >= 0.3 is 0 Å². The molecule has 2 aromatic rings. The predicted octanol–water partition coefficient (Wildman–Crippen LogP) is 3.87. The summed E-state index contributed by atoms with van der Waals surface area (Å²) in [5.41, 5.74) is 1.45. The van der Waals surface area contributed by atoms with Crippen molar-refractivity contribution in [3.05, 3.63) is 60.2 Å². The number of hydrogen-bond donors (Lipinski definition) is 1. The standard InChI is InChI=1S/C23H30N2O4S/c1-30(27,28)25(17-19-9-5-4-6-10-19)21-13-15-22(16-14-21)29-18-23(26)24-20-11-7-2-3-8-12-20/h4-6,9-10,13-16,20H,2-3,7-8,11-12,17-18H2,1H3,(H,24,26). The summed E-state index contributed by atoms with van der Waals surface area (Å²) in [5, 5.41) is 3.05. The van der Waals surface area contributed by atoms with Crippen LogP contribution in [0.4, 0.5) is 5.69 Å². The Morgan fingerprint density at radius 2 is 1.63 bits per heavy atom. The number of anilines is 1. The Hall–Kier alpha value is -2.54. The lowest BCUT2D eigenvalue weighted by atomic mass is 10.1. The minimum absolute atomic E-state index is 0.0460. The first-order chi connectivity index (χ1) is 14.4. The number of amides is 1. The fourth-order valence-electron chi connectivity index (χ4n) is 3.70. The first kappa shape index (κ1) is 22.2. The molecule has 2 aromatic carbocycles. The molecule has 1 aliphatic rings. The van der Waals surface area contributed by atoms with Gasteiger partial charge in [0.2, 0.25) is 10.0 Å². The summed E-state index contributed by atoms with van der Waals surface area (Å²) >= 11 is 0. The Bertz CT molecular complexity index is 906. The summed E-state index contributed by atoms with van der Waals surface area (Å²) < 4.78 is 31.5. The topological polar surface area (TPSA) is 75.7 Å². The highest BCUT2D eigenvalue weighted by atomic mass is 32.2. The summed E-state index contributed by atoms with van der Waals surface area (Å²) in [6, 6.07) is 16.5. The monoisotopic (exact) mass is 430 g/mol. The van der Waals surface area contributed by atoms with Gasteiger partial charge in [0.1, 0.15) is 5.75 Å². The summed E-state index contributed by atoms with van der Waals surface area (Å²) in [6.45, 7) is 0.208. The molecule has 1 N–H and O–H groups in total. The van der Waals surface area contributed by atoms with Crippen molar-refractivity contribution < 1.29 is 17.9 Å². The highest BCUT2D eigenvalue weighted by Gasteiger charge is 2.18. The van der Waals surface area contributed by atoms with Crippen LogP contribution in [0, 0.1) is 0 Å². The summed E-state index contributed by atoms with van der Waals surface area (Å²) in [7, 11) is -3.45. The first-order valence-electron chi connectivity index (χ1n) is 10.5. The largest absolute Gasteiger partial charge is 0.484 e. The second-order valence-corrected chi connectivity index (χ2v) is 9.70. The van der Waals surface area contributed by atoms with Crippen molar-refractivity contribution in [3.8, 4) is 5.75 Å². The average molecular weight is 431 g/mol. The van der Waals surface area contributed by atoms with Gasteiger partial charge in [0, 0.05) is 6.04 Å². The van der Waals surface area contributed by atoms with E-state index < -0.39 is 10.0 Å². The molecule has 3 rings (SSSR count). The van der Waals surface area contributed by atoms with Crippen LogP contribution in [0.5, 0.6) is 5.75 Å². The number of hydrogen-bond acceptors (Lipinski definition) is 4. The molecule has 7 heteroatoms. The van der Waals surface area contributed by atoms with E-state index >= 15 is 0 Å². The van der Waals surface area contributed by atoms with Gasteiger partial charge in [0.15, 0.2) is 6.61 Å². The lowest BCUT2D eigenvalue weighted by Crippen LogP contribution is -2.37. The number of nitrogens with one attached hydrogen (secondary N) is 1. The first-order valence-corrected chi connectivity index (χ1v) is 12.3. The van der Waals surface area contributed by atoms with Crippen molar-refractivity contribution in [2.24, 2.45) is 0 Å². The Kier molecular flexibility index (Phi) is 7.74. The van der Waals surface area contributed by atoms with Gasteiger partial charge in [-0.15, -0.1) is 0 Å². The zero-order valence-corrected chi connectivity index (χ0v) is 18.2. The molecular weight excluding hydrogens is 400 g/mol. The maximum atomic E-state index is 12.3. The molecule has 0 bridgehead atoms. The van der Waals surface area contributed by atoms with Crippen molar-refractivity contribution in [3.63, 3.8) is 0 Å². The quantitative estimate of drug-likeness (QED) is 0.645. The molecule has 1 amide bonds. The third-order valence-corrected chi connectivity index (χ3v) is 6.42. The van der Waals surface area contributed by atoms with E-state index in [1.165, 1.54) is 23.4 Å². The number of ether oxygens (including phenoxy) is 1. The third-order valence-electron chi connectivity index (χ3n) is 5.28. The van der Waals surface area contributed by atoms with Crippen LogP contribution in [0.3, 0.4) is 0 Å². The molecule has 162 valence electrons. The minimum atomic E-state index is -3.45. The second kappa shape index (κ2) is 10.5. The van der Waals surface area contributed by atoms with Gasteiger partial charge in [-0.3, -0.25) is 9.10 Å². The smallest absolute Gasteiger partial charge is 0.258 e. The second-order valence-electron chi connectivity index (χ2n) is 7.79. The zero-order chi connectivity index (χ0) is 21.4.